The summed E-state index contributed by atoms with van der Waals surface area (Å²) in [6.45, 7) is 1.56. The molecule has 0 fully saturated rings. The van der Waals surface area contributed by atoms with Crippen molar-refractivity contribution in [3.63, 3.8) is 0 Å². The molecule has 1 unspecified atom stereocenters. The molecule has 2 N–H and O–H groups in total. The van der Waals surface area contributed by atoms with Gasteiger partial charge in [-0.3, -0.25) is 4.79 Å². The normalized spacial score (nSPS) is 13.3. The second-order valence-corrected chi connectivity index (χ2v) is 5.24. The zero-order chi connectivity index (χ0) is 16.2. The van der Waals surface area contributed by atoms with Gasteiger partial charge in [-0.1, -0.05) is 30.3 Å². The van der Waals surface area contributed by atoms with Gasteiger partial charge in [0.1, 0.15) is 11.6 Å². The summed E-state index contributed by atoms with van der Waals surface area (Å²) in [7, 11) is 1.42. The van der Waals surface area contributed by atoms with E-state index in [1.807, 2.05) is 6.07 Å². The van der Waals surface area contributed by atoms with Gasteiger partial charge >= 0.3 is 0 Å². The molecule has 116 valence electrons. The van der Waals surface area contributed by atoms with Crippen LogP contribution in [0.25, 0.3) is 0 Å². The van der Waals surface area contributed by atoms with Gasteiger partial charge < -0.3 is 15.2 Å². The van der Waals surface area contributed by atoms with Crippen molar-refractivity contribution < 1.29 is 19.0 Å². The number of benzene rings is 2. The average molecular weight is 303 g/mol. The van der Waals surface area contributed by atoms with Crippen LogP contribution < -0.4 is 10.1 Å². The minimum absolute atomic E-state index is 0.143. The van der Waals surface area contributed by atoms with Gasteiger partial charge in [0.25, 0.3) is 0 Å². The van der Waals surface area contributed by atoms with E-state index in [9.17, 15) is 14.3 Å². The Morgan fingerprint density at radius 1 is 1.27 bits per heavy atom. The minimum atomic E-state index is -1.30. The number of aliphatic hydroxyl groups is 1. The zero-order valence-corrected chi connectivity index (χ0v) is 12.5. The Morgan fingerprint density at radius 2 is 1.95 bits per heavy atom. The van der Waals surface area contributed by atoms with Gasteiger partial charge in [-0.25, -0.2) is 4.39 Å². The Hall–Kier alpha value is -2.40. The molecule has 5 heteroatoms. The molecule has 22 heavy (non-hydrogen) atoms. The number of rotatable bonds is 5. The molecule has 0 heterocycles. The van der Waals surface area contributed by atoms with Crippen molar-refractivity contribution in [1.29, 1.82) is 0 Å². The first-order chi connectivity index (χ1) is 10.4. The van der Waals surface area contributed by atoms with Gasteiger partial charge in [0.15, 0.2) is 0 Å². The summed E-state index contributed by atoms with van der Waals surface area (Å²) >= 11 is 0. The van der Waals surface area contributed by atoms with Gasteiger partial charge in [0, 0.05) is 17.8 Å². The second-order valence-electron chi connectivity index (χ2n) is 5.24. The Kier molecular flexibility index (Phi) is 4.78. The molecular weight excluding hydrogens is 285 g/mol. The Labute approximate surface area is 128 Å². The highest BCUT2D eigenvalue weighted by atomic mass is 19.1. The van der Waals surface area contributed by atoms with Crippen LogP contribution in [0, 0.1) is 5.82 Å². The van der Waals surface area contributed by atoms with Crippen LogP contribution in [-0.4, -0.2) is 18.1 Å². The van der Waals surface area contributed by atoms with Crippen molar-refractivity contribution >= 4 is 11.6 Å². The van der Waals surface area contributed by atoms with Crippen LogP contribution in [0.1, 0.15) is 18.9 Å². The van der Waals surface area contributed by atoms with E-state index in [-0.39, 0.29) is 12.1 Å². The van der Waals surface area contributed by atoms with Crippen LogP contribution in [0.2, 0.25) is 0 Å². The van der Waals surface area contributed by atoms with Crippen LogP contribution in [-0.2, 0) is 10.4 Å². The predicted molar refractivity (Wildman–Crippen MR) is 82.2 cm³/mol. The summed E-state index contributed by atoms with van der Waals surface area (Å²) in [6, 6.07) is 12.8. The molecule has 0 radical (unpaired) electrons. The summed E-state index contributed by atoms with van der Waals surface area (Å²) in [5, 5.41) is 13.0. The largest absolute Gasteiger partial charge is 0.497 e. The van der Waals surface area contributed by atoms with Crippen molar-refractivity contribution in [2.75, 3.05) is 12.4 Å². The fraction of sp³-hybridized carbons (Fsp3) is 0.235. The number of hydrogen-bond donors (Lipinski definition) is 2. The highest BCUT2D eigenvalue weighted by molar-refractivity contribution is 5.91. The van der Waals surface area contributed by atoms with Crippen LogP contribution >= 0.6 is 0 Å². The van der Waals surface area contributed by atoms with E-state index in [1.165, 1.54) is 25.3 Å². The van der Waals surface area contributed by atoms with Gasteiger partial charge in [-0.15, -0.1) is 0 Å². The minimum Gasteiger partial charge on any atom is -0.497 e. The zero-order valence-electron chi connectivity index (χ0n) is 12.5. The fourth-order valence-electron chi connectivity index (χ4n) is 2.17. The first-order valence-electron chi connectivity index (χ1n) is 6.83. The third-order valence-corrected chi connectivity index (χ3v) is 3.29. The maximum Gasteiger partial charge on any atom is 0.227 e. The lowest BCUT2D eigenvalue weighted by Gasteiger charge is -2.23. The number of anilines is 1. The number of carbonyl (C=O) groups excluding carboxylic acids is 1. The molecule has 2 aromatic rings. The lowest BCUT2D eigenvalue weighted by Crippen LogP contribution is -2.28. The molecule has 0 aliphatic carbocycles. The summed E-state index contributed by atoms with van der Waals surface area (Å²) in [4.78, 5) is 12.1. The van der Waals surface area contributed by atoms with Crippen LogP contribution in [0.5, 0.6) is 5.75 Å². The molecule has 4 nitrogen and oxygen atoms in total. The van der Waals surface area contributed by atoms with E-state index in [0.717, 1.165) is 0 Å². The number of carbonyl (C=O) groups is 1. The second kappa shape index (κ2) is 6.58. The lowest BCUT2D eigenvalue weighted by atomic mass is 9.92. The fourth-order valence-corrected chi connectivity index (χ4v) is 2.17. The number of ether oxygens (including phenoxy) is 1. The quantitative estimate of drug-likeness (QED) is 0.892. The number of halogens is 1. The number of amides is 1. The molecular formula is C17H18FNO3. The van der Waals surface area contributed by atoms with Crippen LogP contribution in [0.4, 0.5) is 10.1 Å². The molecule has 0 saturated heterocycles. The van der Waals surface area contributed by atoms with Crippen LogP contribution in [0.3, 0.4) is 0 Å². The average Bonchev–Trinajstić information content (AvgIpc) is 2.46. The highest BCUT2D eigenvalue weighted by Gasteiger charge is 2.26. The SMILES string of the molecule is COc1cc(F)cc(NC(=O)CC(C)(O)c2ccccc2)c1. The molecule has 2 rings (SSSR count). The maximum absolute atomic E-state index is 13.4. The Morgan fingerprint density at radius 3 is 2.59 bits per heavy atom. The standard InChI is InChI=1S/C17H18FNO3/c1-17(21,12-6-4-3-5-7-12)11-16(20)19-14-8-13(18)9-15(10-14)22-2/h3-10,21H,11H2,1-2H3,(H,19,20). The van der Waals surface area contributed by atoms with E-state index in [4.69, 9.17) is 4.74 Å². The van der Waals surface area contributed by atoms with Crippen molar-refractivity contribution in [2.45, 2.75) is 18.9 Å². The van der Waals surface area contributed by atoms with E-state index in [1.54, 1.807) is 31.2 Å². The Bertz CT molecular complexity index is 656. The van der Waals surface area contributed by atoms with Crippen molar-refractivity contribution in [3.05, 3.63) is 59.9 Å². The predicted octanol–water partition coefficient (Wildman–Crippen LogP) is 3.07. The summed E-state index contributed by atoms with van der Waals surface area (Å²) in [6.07, 6.45) is -0.143. The monoisotopic (exact) mass is 303 g/mol. The first-order valence-corrected chi connectivity index (χ1v) is 6.83. The molecule has 0 aromatic heterocycles. The topological polar surface area (TPSA) is 58.6 Å². The lowest BCUT2D eigenvalue weighted by molar-refractivity contribution is -0.120. The Balaban J connectivity index is 2.08. The van der Waals surface area contributed by atoms with E-state index >= 15 is 0 Å². The highest BCUT2D eigenvalue weighted by Crippen LogP contribution is 2.25. The summed E-state index contributed by atoms with van der Waals surface area (Å²) in [5.74, 6) is -0.615. The van der Waals surface area contributed by atoms with Crippen molar-refractivity contribution in [1.82, 2.24) is 0 Å². The van der Waals surface area contributed by atoms with Crippen molar-refractivity contribution in [3.8, 4) is 5.75 Å². The molecule has 2 aromatic carbocycles. The van der Waals surface area contributed by atoms with Gasteiger partial charge in [-0.05, 0) is 18.6 Å². The molecule has 1 atom stereocenters. The molecule has 1 amide bonds. The van der Waals surface area contributed by atoms with Crippen LogP contribution in [0.15, 0.2) is 48.5 Å². The van der Waals surface area contributed by atoms with E-state index in [2.05, 4.69) is 5.32 Å². The number of nitrogens with one attached hydrogen (secondary N) is 1. The van der Waals surface area contributed by atoms with Crippen molar-refractivity contribution in [2.24, 2.45) is 0 Å². The molecule has 0 aliphatic heterocycles. The number of methoxy groups -OCH3 is 1. The molecule has 0 bridgehead atoms. The third-order valence-electron chi connectivity index (χ3n) is 3.29. The summed E-state index contributed by atoms with van der Waals surface area (Å²) < 4.78 is 18.3. The van der Waals surface area contributed by atoms with Gasteiger partial charge in [-0.2, -0.15) is 0 Å². The first kappa shape index (κ1) is 16.0. The van der Waals surface area contributed by atoms with Gasteiger partial charge in [0.05, 0.1) is 19.1 Å². The molecule has 0 spiro atoms. The van der Waals surface area contributed by atoms with Gasteiger partial charge in [0.2, 0.25) is 5.91 Å². The smallest absolute Gasteiger partial charge is 0.227 e. The van der Waals surface area contributed by atoms with E-state index in [0.29, 0.717) is 11.3 Å². The molecule has 0 saturated carbocycles. The maximum atomic E-state index is 13.4. The van der Waals surface area contributed by atoms with E-state index < -0.39 is 17.3 Å². The molecule has 0 aliphatic rings. The summed E-state index contributed by atoms with van der Waals surface area (Å²) in [5.41, 5.74) is -0.379. The number of hydrogen-bond acceptors (Lipinski definition) is 3. The third kappa shape index (κ3) is 4.05.